The molecule has 6 nitrogen and oxygen atoms in total. The molecular formula is C23H19N5O. The Morgan fingerprint density at radius 3 is 2.45 bits per heavy atom. The van der Waals surface area contributed by atoms with Crippen LogP contribution in [-0.2, 0) is 17.9 Å². The van der Waals surface area contributed by atoms with Crippen LogP contribution in [0.1, 0.15) is 12.0 Å². The number of carbonyl (C=O) groups is 1. The average Bonchev–Trinajstić information content (AvgIpc) is 3.08. The molecule has 0 saturated heterocycles. The van der Waals surface area contributed by atoms with E-state index in [2.05, 4.69) is 27.0 Å². The number of benzene rings is 2. The first kappa shape index (κ1) is 17.3. The first-order chi connectivity index (χ1) is 14.3. The molecule has 0 radical (unpaired) electrons. The summed E-state index contributed by atoms with van der Waals surface area (Å²) in [5, 5.41) is 4.02. The normalized spacial score (nSPS) is 11.3. The zero-order valence-electron chi connectivity index (χ0n) is 15.7. The van der Waals surface area contributed by atoms with E-state index in [-0.39, 0.29) is 5.91 Å². The van der Waals surface area contributed by atoms with Crippen LogP contribution in [0.25, 0.3) is 33.1 Å². The van der Waals surface area contributed by atoms with Gasteiger partial charge in [-0.15, -0.1) is 0 Å². The third-order valence-electron chi connectivity index (χ3n) is 5.06. The maximum Gasteiger partial charge on any atom is 0.222 e. The van der Waals surface area contributed by atoms with Crippen LogP contribution >= 0.6 is 0 Å². The van der Waals surface area contributed by atoms with Crippen molar-refractivity contribution in [2.45, 2.75) is 19.5 Å². The molecule has 0 saturated carbocycles. The number of pyridine rings is 1. The number of aromatic nitrogens is 4. The molecule has 29 heavy (non-hydrogen) atoms. The Labute approximate surface area is 167 Å². The summed E-state index contributed by atoms with van der Waals surface area (Å²) in [6.45, 7) is 1.04. The standard InChI is InChI=1S/C23H19N5O/c29-21(25-15-16-9-12-24-13-10-16)11-14-28-20-8-4-1-5-17(20)22-23(28)27-19-7-3-2-6-18(19)26-22/h1-10,12-13H,11,14-15H2,(H,25,29). The van der Waals surface area contributed by atoms with Crippen LogP contribution in [0, 0.1) is 0 Å². The monoisotopic (exact) mass is 381 g/mol. The van der Waals surface area contributed by atoms with Gasteiger partial charge in [0.15, 0.2) is 5.65 Å². The van der Waals surface area contributed by atoms with Gasteiger partial charge in [0.25, 0.3) is 0 Å². The summed E-state index contributed by atoms with van der Waals surface area (Å²) in [6.07, 6.45) is 3.82. The zero-order valence-corrected chi connectivity index (χ0v) is 15.7. The second-order valence-corrected chi connectivity index (χ2v) is 6.94. The molecule has 5 rings (SSSR count). The van der Waals surface area contributed by atoms with Crippen molar-refractivity contribution in [3.63, 3.8) is 0 Å². The lowest BCUT2D eigenvalue weighted by Gasteiger charge is -2.08. The van der Waals surface area contributed by atoms with Crippen molar-refractivity contribution < 1.29 is 4.79 Å². The molecule has 0 aliphatic heterocycles. The van der Waals surface area contributed by atoms with Crippen LogP contribution in [0.3, 0.4) is 0 Å². The fourth-order valence-electron chi connectivity index (χ4n) is 3.61. The summed E-state index contributed by atoms with van der Waals surface area (Å²) in [5.74, 6) is 0.00138. The maximum absolute atomic E-state index is 12.4. The number of nitrogens with zero attached hydrogens (tertiary/aromatic N) is 4. The van der Waals surface area contributed by atoms with Crippen molar-refractivity contribution in [2.75, 3.05) is 0 Å². The SMILES string of the molecule is O=C(CCn1c2ccccc2c2nc3ccccc3nc21)NCc1ccncc1. The molecule has 0 aliphatic rings. The number of rotatable bonds is 5. The summed E-state index contributed by atoms with van der Waals surface area (Å²) in [7, 11) is 0. The van der Waals surface area contributed by atoms with E-state index >= 15 is 0 Å². The third kappa shape index (κ3) is 3.29. The lowest BCUT2D eigenvalue weighted by atomic mass is 10.2. The van der Waals surface area contributed by atoms with Crippen LogP contribution in [0.5, 0.6) is 0 Å². The van der Waals surface area contributed by atoms with E-state index in [1.165, 1.54) is 0 Å². The molecule has 1 amide bonds. The third-order valence-corrected chi connectivity index (χ3v) is 5.06. The molecule has 6 heteroatoms. The van der Waals surface area contributed by atoms with Crippen LogP contribution in [0.4, 0.5) is 0 Å². The van der Waals surface area contributed by atoms with E-state index in [0.29, 0.717) is 19.5 Å². The highest BCUT2D eigenvalue weighted by molar-refractivity contribution is 6.06. The smallest absolute Gasteiger partial charge is 0.222 e. The van der Waals surface area contributed by atoms with E-state index in [1.54, 1.807) is 12.4 Å². The minimum Gasteiger partial charge on any atom is -0.352 e. The van der Waals surface area contributed by atoms with Crippen molar-refractivity contribution in [3.8, 4) is 0 Å². The van der Waals surface area contributed by atoms with E-state index in [1.807, 2.05) is 48.5 Å². The van der Waals surface area contributed by atoms with Gasteiger partial charge in [-0.05, 0) is 35.9 Å². The number of amides is 1. The van der Waals surface area contributed by atoms with Crippen LogP contribution < -0.4 is 5.32 Å². The Morgan fingerprint density at radius 2 is 1.62 bits per heavy atom. The highest BCUT2D eigenvalue weighted by atomic mass is 16.1. The molecule has 0 fully saturated rings. The zero-order chi connectivity index (χ0) is 19.6. The van der Waals surface area contributed by atoms with Crippen molar-refractivity contribution in [2.24, 2.45) is 0 Å². The molecule has 0 spiro atoms. The molecule has 0 aliphatic carbocycles. The molecule has 0 bridgehead atoms. The Bertz CT molecular complexity index is 1330. The number of para-hydroxylation sites is 3. The predicted octanol–water partition coefficient (Wildman–Crippen LogP) is 3.84. The highest BCUT2D eigenvalue weighted by Crippen LogP contribution is 2.28. The maximum atomic E-state index is 12.4. The van der Waals surface area contributed by atoms with Gasteiger partial charge in [0, 0.05) is 37.3 Å². The van der Waals surface area contributed by atoms with Crippen LogP contribution in [0.15, 0.2) is 73.1 Å². The Morgan fingerprint density at radius 1 is 0.897 bits per heavy atom. The number of hydrogen-bond acceptors (Lipinski definition) is 4. The topological polar surface area (TPSA) is 72.7 Å². The highest BCUT2D eigenvalue weighted by Gasteiger charge is 2.15. The van der Waals surface area contributed by atoms with Crippen molar-refractivity contribution in [1.82, 2.24) is 24.8 Å². The van der Waals surface area contributed by atoms with Crippen LogP contribution in [0.2, 0.25) is 0 Å². The van der Waals surface area contributed by atoms with E-state index in [4.69, 9.17) is 9.97 Å². The summed E-state index contributed by atoms with van der Waals surface area (Å²) in [4.78, 5) is 26.1. The fourth-order valence-corrected chi connectivity index (χ4v) is 3.61. The van der Waals surface area contributed by atoms with Gasteiger partial charge in [-0.1, -0.05) is 30.3 Å². The second-order valence-electron chi connectivity index (χ2n) is 6.94. The minimum absolute atomic E-state index is 0.00138. The van der Waals surface area contributed by atoms with Crippen LogP contribution in [-0.4, -0.2) is 25.4 Å². The van der Waals surface area contributed by atoms with Gasteiger partial charge >= 0.3 is 0 Å². The Kier molecular flexibility index (Phi) is 4.37. The molecule has 0 unspecified atom stereocenters. The predicted molar refractivity (Wildman–Crippen MR) is 113 cm³/mol. The molecule has 2 aromatic carbocycles. The van der Waals surface area contributed by atoms with Gasteiger partial charge in [0.2, 0.25) is 5.91 Å². The lowest BCUT2D eigenvalue weighted by Crippen LogP contribution is -2.24. The van der Waals surface area contributed by atoms with Gasteiger partial charge in [-0.2, -0.15) is 0 Å². The number of hydrogen-bond donors (Lipinski definition) is 1. The number of nitrogens with one attached hydrogen (secondary N) is 1. The Hall–Kier alpha value is -3.80. The first-order valence-electron chi connectivity index (χ1n) is 9.59. The fraction of sp³-hybridized carbons (Fsp3) is 0.130. The second kappa shape index (κ2) is 7.31. The lowest BCUT2D eigenvalue weighted by molar-refractivity contribution is -0.121. The van der Waals surface area contributed by atoms with Gasteiger partial charge in [-0.25, -0.2) is 9.97 Å². The van der Waals surface area contributed by atoms with Gasteiger partial charge in [0.1, 0.15) is 5.52 Å². The average molecular weight is 381 g/mol. The Balaban J connectivity index is 1.45. The van der Waals surface area contributed by atoms with Gasteiger partial charge in [0.05, 0.1) is 16.6 Å². The summed E-state index contributed by atoms with van der Waals surface area (Å²) in [6, 6.07) is 19.8. The summed E-state index contributed by atoms with van der Waals surface area (Å²) >= 11 is 0. The van der Waals surface area contributed by atoms with E-state index < -0.39 is 0 Å². The molecule has 1 N–H and O–H groups in total. The molecule has 0 atom stereocenters. The number of aryl methyl sites for hydroxylation is 1. The van der Waals surface area contributed by atoms with Crippen molar-refractivity contribution in [3.05, 3.63) is 78.6 Å². The first-order valence-corrected chi connectivity index (χ1v) is 9.59. The molecule has 3 aromatic heterocycles. The molecular weight excluding hydrogens is 362 g/mol. The minimum atomic E-state index is 0.00138. The quantitative estimate of drug-likeness (QED) is 0.502. The van der Waals surface area contributed by atoms with E-state index in [0.717, 1.165) is 38.7 Å². The summed E-state index contributed by atoms with van der Waals surface area (Å²) in [5.41, 5.74) is 5.48. The van der Waals surface area contributed by atoms with Crippen molar-refractivity contribution >= 4 is 39.0 Å². The molecule has 3 heterocycles. The number of fused-ring (bicyclic) bond motifs is 4. The van der Waals surface area contributed by atoms with Gasteiger partial charge in [-0.3, -0.25) is 9.78 Å². The summed E-state index contributed by atoms with van der Waals surface area (Å²) < 4.78 is 2.09. The van der Waals surface area contributed by atoms with E-state index in [9.17, 15) is 4.79 Å². The van der Waals surface area contributed by atoms with Crippen molar-refractivity contribution in [1.29, 1.82) is 0 Å². The largest absolute Gasteiger partial charge is 0.352 e. The number of carbonyl (C=O) groups excluding carboxylic acids is 1. The van der Waals surface area contributed by atoms with Gasteiger partial charge < -0.3 is 9.88 Å². The molecule has 142 valence electrons. The molecule has 5 aromatic rings.